The number of aliphatic hydroxyl groups excluding tert-OH is 1. The minimum atomic E-state index is -0.0754. The molecular weight excluding hydrogens is 214 g/mol. The molecule has 0 radical (unpaired) electrons. The predicted octanol–water partition coefficient (Wildman–Crippen LogP) is 2.98. The molecule has 0 spiro atoms. The fourth-order valence-electron chi connectivity index (χ4n) is 1.56. The molecule has 2 aromatic rings. The fraction of sp³-hybridized carbons (Fsp3) is 0.214. The Morgan fingerprint density at radius 3 is 2.82 bits per heavy atom. The summed E-state index contributed by atoms with van der Waals surface area (Å²) in [6.45, 7) is 3.92. The molecule has 0 bridgehead atoms. The van der Waals surface area contributed by atoms with E-state index >= 15 is 0 Å². The molecule has 3 nitrogen and oxygen atoms in total. The van der Waals surface area contributed by atoms with Crippen molar-refractivity contribution >= 4 is 0 Å². The second-order valence-electron chi connectivity index (χ2n) is 4.00. The van der Waals surface area contributed by atoms with Crippen LogP contribution in [0.25, 0.3) is 0 Å². The van der Waals surface area contributed by atoms with E-state index in [1.807, 2.05) is 32.0 Å². The molecule has 0 aliphatic heterocycles. The lowest BCUT2D eigenvalue weighted by atomic mass is 10.1. The van der Waals surface area contributed by atoms with Crippen molar-refractivity contribution in [3.05, 3.63) is 53.2 Å². The van der Waals surface area contributed by atoms with Gasteiger partial charge in [0, 0.05) is 11.8 Å². The first-order chi connectivity index (χ1) is 8.20. The van der Waals surface area contributed by atoms with Crippen LogP contribution in [0.5, 0.6) is 11.6 Å². The van der Waals surface area contributed by atoms with Gasteiger partial charge < -0.3 is 9.84 Å². The number of benzene rings is 1. The van der Waals surface area contributed by atoms with Gasteiger partial charge in [0.1, 0.15) is 5.75 Å². The molecule has 0 saturated heterocycles. The van der Waals surface area contributed by atoms with Gasteiger partial charge in [0.2, 0.25) is 5.88 Å². The first kappa shape index (κ1) is 11.6. The average molecular weight is 229 g/mol. The topological polar surface area (TPSA) is 42.4 Å². The molecule has 1 aromatic carbocycles. The predicted molar refractivity (Wildman–Crippen MR) is 66.1 cm³/mol. The van der Waals surface area contributed by atoms with Crippen molar-refractivity contribution in [1.82, 2.24) is 4.98 Å². The van der Waals surface area contributed by atoms with E-state index in [0.717, 1.165) is 16.9 Å². The lowest BCUT2D eigenvalue weighted by Crippen LogP contribution is -1.95. The molecule has 1 N–H and O–H groups in total. The van der Waals surface area contributed by atoms with E-state index in [-0.39, 0.29) is 6.61 Å². The summed E-state index contributed by atoms with van der Waals surface area (Å²) in [5, 5.41) is 9.20. The smallest absolute Gasteiger partial charge is 0.224 e. The van der Waals surface area contributed by atoms with Crippen LogP contribution < -0.4 is 4.74 Å². The third-order valence-corrected chi connectivity index (χ3v) is 2.57. The molecule has 3 heteroatoms. The van der Waals surface area contributed by atoms with Gasteiger partial charge >= 0.3 is 0 Å². The molecule has 0 aliphatic rings. The number of hydrogen-bond acceptors (Lipinski definition) is 3. The summed E-state index contributed by atoms with van der Waals surface area (Å²) in [4.78, 5) is 4.13. The number of aryl methyl sites for hydroxylation is 2. The standard InChI is InChI=1S/C14H15NO2/c1-10-5-6-11(2)13(8-10)17-14-12(9-16)4-3-7-15-14/h3-8,16H,9H2,1-2H3. The zero-order chi connectivity index (χ0) is 12.3. The first-order valence-corrected chi connectivity index (χ1v) is 5.50. The highest BCUT2D eigenvalue weighted by molar-refractivity contribution is 5.39. The van der Waals surface area contributed by atoms with Crippen molar-refractivity contribution in [2.75, 3.05) is 0 Å². The van der Waals surface area contributed by atoms with Crippen LogP contribution in [0.2, 0.25) is 0 Å². The van der Waals surface area contributed by atoms with Crippen LogP contribution in [0.3, 0.4) is 0 Å². The van der Waals surface area contributed by atoms with E-state index in [1.54, 1.807) is 18.3 Å². The highest BCUT2D eigenvalue weighted by Crippen LogP contribution is 2.26. The van der Waals surface area contributed by atoms with Crippen molar-refractivity contribution in [2.45, 2.75) is 20.5 Å². The van der Waals surface area contributed by atoms with E-state index in [0.29, 0.717) is 11.4 Å². The summed E-state index contributed by atoms with van der Waals surface area (Å²) >= 11 is 0. The minimum Gasteiger partial charge on any atom is -0.438 e. The number of aromatic nitrogens is 1. The average Bonchev–Trinajstić information content (AvgIpc) is 2.34. The van der Waals surface area contributed by atoms with Crippen LogP contribution in [0.1, 0.15) is 16.7 Å². The van der Waals surface area contributed by atoms with Gasteiger partial charge in [-0.2, -0.15) is 0 Å². The zero-order valence-corrected chi connectivity index (χ0v) is 9.97. The van der Waals surface area contributed by atoms with Gasteiger partial charge in [0.25, 0.3) is 0 Å². The molecule has 0 atom stereocenters. The van der Waals surface area contributed by atoms with Crippen LogP contribution in [0, 0.1) is 13.8 Å². The van der Waals surface area contributed by atoms with Crippen LogP contribution in [-0.2, 0) is 6.61 Å². The van der Waals surface area contributed by atoms with E-state index < -0.39 is 0 Å². The quantitative estimate of drug-likeness (QED) is 0.879. The Balaban J connectivity index is 2.34. The van der Waals surface area contributed by atoms with E-state index in [4.69, 9.17) is 4.74 Å². The van der Waals surface area contributed by atoms with Crippen LogP contribution >= 0.6 is 0 Å². The van der Waals surface area contributed by atoms with E-state index in [9.17, 15) is 5.11 Å². The van der Waals surface area contributed by atoms with Gasteiger partial charge in [-0.25, -0.2) is 4.98 Å². The van der Waals surface area contributed by atoms with E-state index in [1.165, 1.54) is 0 Å². The number of aliphatic hydroxyl groups is 1. The summed E-state index contributed by atoms with van der Waals surface area (Å²) in [5.74, 6) is 1.24. The summed E-state index contributed by atoms with van der Waals surface area (Å²) in [6.07, 6.45) is 1.65. The number of pyridine rings is 1. The third kappa shape index (κ3) is 2.63. The molecule has 88 valence electrons. The van der Waals surface area contributed by atoms with Gasteiger partial charge in [-0.05, 0) is 43.2 Å². The SMILES string of the molecule is Cc1ccc(C)c(Oc2ncccc2CO)c1. The molecule has 17 heavy (non-hydrogen) atoms. The molecule has 0 aliphatic carbocycles. The summed E-state index contributed by atoms with van der Waals surface area (Å²) in [7, 11) is 0. The molecule has 0 fully saturated rings. The lowest BCUT2D eigenvalue weighted by Gasteiger charge is -2.10. The van der Waals surface area contributed by atoms with Crippen LogP contribution in [0.4, 0.5) is 0 Å². The highest BCUT2D eigenvalue weighted by atomic mass is 16.5. The minimum absolute atomic E-state index is 0.0754. The van der Waals surface area contributed by atoms with Gasteiger partial charge in [-0.15, -0.1) is 0 Å². The Morgan fingerprint density at radius 2 is 2.06 bits per heavy atom. The maximum Gasteiger partial charge on any atom is 0.224 e. The van der Waals surface area contributed by atoms with Gasteiger partial charge in [0.05, 0.1) is 6.61 Å². The Morgan fingerprint density at radius 1 is 1.24 bits per heavy atom. The van der Waals surface area contributed by atoms with Crippen molar-refractivity contribution in [2.24, 2.45) is 0 Å². The molecule has 0 saturated carbocycles. The molecule has 2 rings (SSSR count). The van der Waals surface area contributed by atoms with Crippen molar-refractivity contribution < 1.29 is 9.84 Å². The normalized spacial score (nSPS) is 10.3. The molecule has 1 aromatic heterocycles. The maximum atomic E-state index is 9.20. The monoisotopic (exact) mass is 229 g/mol. The second kappa shape index (κ2) is 4.97. The highest BCUT2D eigenvalue weighted by Gasteiger charge is 2.07. The van der Waals surface area contributed by atoms with Crippen molar-refractivity contribution in [1.29, 1.82) is 0 Å². The number of ether oxygens (including phenoxy) is 1. The number of rotatable bonds is 3. The van der Waals surface area contributed by atoms with Gasteiger partial charge in [-0.1, -0.05) is 12.1 Å². The Bertz CT molecular complexity index is 523. The molecular formula is C14H15NO2. The number of hydrogen-bond donors (Lipinski definition) is 1. The summed E-state index contributed by atoms with van der Waals surface area (Å²) < 4.78 is 5.74. The van der Waals surface area contributed by atoms with Gasteiger partial charge in [0.15, 0.2) is 0 Å². The Hall–Kier alpha value is -1.87. The molecule has 0 amide bonds. The molecule has 1 heterocycles. The third-order valence-electron chi connectivity index (χ3n) is 2.57. The maximum absolute atomic E-state index is 9.20. The first-order valence-electron chi connectivity index (χ1n) is 5.50. The van der Waals surface area contributed by atoms with Crippen molar-refractivity contribution in [3.63, 3.8) is 0 Å². The van der Waals surface area contributed by atoms with Gasteiger partial charge in [-0.3, -0.25) is 0 Å². The second-order valence-corrected chi connectivity index (χ2v) is 4.00. The Labute approximate surface area is 101 Å². The lowest BCUT2D eigenvalue weighted by molar-refractivity contribution is 0.275. The van der Waals surface area contributed by atoms with Crippen LogP contribution in [-0.4, -0.2) is 10.1 Å². The Kier molecular flexibility index (Phi) is 3.40. The van der Waals surface area contributed by atoms with Crippen LogP contribution in [0.15, 0.2) is 36.5 Å². The molecule has 0 unspecified atom stereocenters. The zero-order valence-electron chi connectivity index (χ0n) is 9.97. The largest absolute Gasteiger partial charge is 0.438 e. The summed E-state index contributed by atoms with van der Waals surface area (Å²) in [6, 6.07) is 9.58. The van der Waals surface area contributed by atoms with Crippen molar-refractivity contribution in [3.8, 4) is 11.6 Å². The number of nitrogens with zero attached hydrogens (tertiary/aromatic N) is 1. The van der Waals surface area contributed by atoms with E-state index in [2.05, 4.69) is 4.98 Å². The summed E-state index contributed by atoms with van der Waals surface area (Å²) in [5.41, 5.74) is 2.87. The fourth-order valence-corrected chi connectivity index (χ4v) is 1.56.